The van der Waals surface area contributed by atoms with Crippen molar-refractivity contribution in [2.75, 3.05) is 0 Å². The Balaban J connectivity index is 1.83. The molecule has 0 radical (unpaired) electrons. The average molecular weight is 227 g/mol. The molecule has 88 valence electrons. The predicted octanol–water partition coefficient (Wildman–Crippen LogP) is 2.18. The van der Waals surface area contributed by atoms with E-state index in [4.69, 9.17) is 4.98 Å². The van der Waals surface area contributed by atoms with E-state index in [-0.39, 0.29) is 0 Å². The largest absolute Gasteiger partial charge is 0.331 e. The molecule has 0 amide bonds. The van der Waals surface area contributed by atoms with Gasteiger partial charge in [-0.1, -0.05) is 12.1 Å². The van der Waals surface area contributed by atoms with Crippen LogP contribution in [0.5, 0.6) is 0 Å². The maximum absolute atomic E-state index is 4.84. The van der Waals surface area contributed by atoms with Gasteiger partial charge in [-0.2, -0.15) is 0 Å². The molecule has 2 saturated heterocycles. The maximum Gasteiger partial charge on any atom is 0.114 e. The fraction of sp³-hybridized carbons (Fsp3) is 0.500. The molecule has 2 aliphatic heterocycles. The van der Waals surface area contributed by atoms with E-state index in [9.17, 15) is 0 Å². The summed E-state index contributed by atoms with van der Waals surface area (Å²) in [5.74, 6) is 1.89. The number of nitrogens with zero attached hydrogens (tertiary/aromatic N) is 2. The Labute approximate surface area is 101 Å². The van der Waals surface area contributed by atoms with Crippen molar-refractivity contribution in [3.63, 3.8) is 0 Å². The summed E-state index contributed by atoms with van der Waals surface area (Å²) in [5.41, 5.74) is 2.39. The molecule has 17 heavy (non-hydrogen) atoms. The second-order valence-electron chi connectivity index (χ2n) is 5.41. The van der Waals surface area contributed by atoms with Crippen molar-refractivity contribution in [3.8, 4) is 0 Å². The first-order valence-corrected chi connectivity index (χ1v) is 6.50. The number of aryl methyl sites for hydroxylation is 1. The van der Waals surface area contributed by atoms with Gasteiger partial charge in [-0.15, -0.1) is 0 Å². The first-order valence-electron chi connectivity index (χ1n) is 6.50. The summed E-state index contributed by atoms with van der Waals surface area (Å²) in [4.78, 5) is 4.84. The highest BCUT2D eigenvalue weighted by atomic mass is 15.1. The monoisotopic (exact) mass is 227 g/mol. The van der Waals surface area contributed by atoms with E-state index in [1.54, 1.807) is 0 Å². The minimum Gasteiger partial charge on any atom is -0.331 e. The molecule has 0 aliphatic carbocycles. The summed E-state index contributed by atoms with van der Waals surface area (Å²) in [7, 11) is 2.15. The number of imidazole rings is 1. The van der Waals surface area contributed by atoms with Crippen LogP contribution in [0.4, 0.5) is 0 Å². The number of fused-ring (bicyclic) bond motifs is 3. The topological polar surface area (TPSA) is 29.9 Å². The Morgan fingerprint density at radius 1 is 1.29 bits per heavy atom. The average Bonchev–Trinajstić information content (AvgIpc) is 3.03. The van der Waals surface area contributed by atoms with Crippen LogP contribution in [0.15, 0.2) is 24.3 Å². The molecule has 1 aromatic heterocycles. The molecule has 1 aromatic carbocycles. The standard InChI is InChI=1S/C14H17N3/c1-17-13-5-3-2-4-12(13)16-14(17)10-8-9-6-7-11(10)15-9/h2-5,9-11,15H,6-8H2,1H3. The van der Waals surface area contributed by atoms with Gasteiger partial charge in [0, 0.05) is 25.0 Å². The van der Waals surface area contributed by atoms with Gasteiger partial charge in [0.1, 0.15) is 5.82 Å². The lowest BCUT2D eigenvalue weighted by atomic mass is 9.88. The summed E-state index contributed by atoms with van der Waals surface area (Å²) in [6, 6.07) is 9.83. The van der Waals surface area contributed by atoms with Crippen LogP contribution in [-0.4, -0.2) is 21.6 Å². The Hall–Kier alpha value is -1.35. The van der Waals surface area contributed by atoms with E-state index in [1.165, 1.54) is 30.6 Å². The smallest absolute Gasteiger partial charge is 0.114 e. The summed E-state index contributed by atoms with van der Waals surface area (Å²) in [6.07, 6.45) is 3.94. The zero-order valence-electron chi connectivity index (χ0n) is 10.1. The van der Waals surface area contributed by atoms with E-state index >= 15 is 0 Å². The number of aromatic nitrogens is 2. The molecule has 2 bridgehead atoms. The van der Waals surface area contributed by atoms with Crippen molar-refractivity contribution in [1.29, 1.82) is 0 Å². The van der Waals surface area contributed by atoms with E-state index in [2.05, 4.69) is 41.2 Å². The van der Waals surface area contributed by atoms with Crippen molar-refractivity contribution in [1.82, 2.24) is 14.9 Å². The third kappa shape index (κ3) is 1.29. The molecule has 3 heteroatoms. The highest BCUT2D eigenvalue weighted by Gasteiger charge is 2.41. The minimum atomic E-state index is 0.617. The van der Waals surface area contributed by atoms with E-state index < -0.39 is 0 Å². The van der Waals surface area contributed by atoms with Crippen LogP contribution in [0.2, 0.25) is 0 Å². The van der Waals surface area contributed by atoms with Crippen molar-refractivity contribution in [2.45, 2.75) is 37.3 Å². The van der Waals surface area contributed by atoms with Gasteiger partial charge in [-0.3, -0.25) is 0 Å². The molecule has 2 aliphatic rings. The second-order valence-corrected chi connectivity index (χ2v) is 5.41. The van der Waals surface area contributed by atoms with Crippen LogP contribution in [0, 0.1) is 0 Å². The van der Waals surface area contributed by atoms with Crippen LogP contribution in [0.1, 0.15) is 31.0 Å². The highest BCUT2D eigenvalue weighted by molar-refractivity contribution is 5.75. The number of nitrogens with one attached hydrogen (secondary N) is 1. The lowest BCUT2D eigenvalue weighted by molar-refractivity contribution is 0.478. The van der Waals surface area contributed by atoms with E-state index in [0.29, 0.717) is 12.0 Å². The van der Waals surface area contributed by atoms with Gasteiger partial charge >= 0.3 is 0 Å². The van der Waals surface area contributed by atoms with Crippen molar-refractivity contribution in [3.05, 3.63) is 30.1 Å². The van der Waals surface area contributed by atoms with E-state index in [0.717, 1.165) is 11.6 Å². The summed E-state index contributed by atoms with van der Waals surface area (Å²) in [5, 5.41) is 3.69. The normalized spacial score (nSPS) is 31.5. The highest BCUT2D eigenvalue weighted by Crippen LogP contribution is 2.40. The van der Waals surface area contributed by atoms with Gasteiger partial charge in [-0.05, 0) is 31.4 Å². The fourth-order valence-corrected chi connectivity index (χ4v) is 3.61. The molecule has 0 saturated carbocycles. The Bertz CT molecular complexity index is 572. The zero-order valence-corrected chi connectivity index (χ0v) is 10.1. The third-order valence-corrected chi connectivity index (χ3v) is 4.45. The molecule has 0 spiro atoms. The lowest BCUT2D eigenvalue weighted by Crippen LogP contribution is -2.23. The molecule has 4 rings (SSSR count). The van der Waals surface area contributed by atoms with E-state index in [1.807, 2.05) is 0 Å². The van der Waals surface area contributed by atoms with Crippen molar-refractivity contribution < 1.29 is 0 Å². The van der Waals surface area contributed by atoms with Crippen molar-refractivity contribution in [2.24, 2.45) is 7.05 Å². The van der Waals surface area contributed by atoms with Crippen molar-refractivity contribution >= 4 is 11.0 Å². The Morgan fingerprint density at radius 3 is 2.88 bits per heavy atom. The number of para-hydroxylation sites is 2. The van der Waals surface area contributed by atoms with Crippen LogP contribution < -0.4 is 5.32 Å². The number of benzene rings is 1. The van der Waals surface area contributed by atoms with Crippen LogP contribution >= 0.6 is 0 Å². The minimum absolute atomic E-state index is 0.617. The Morgan fingerprint density at radius 2 is 2.18 bits per heavy atom. The summed E-state index contributed by atoms with van der Waals surface area (Å²) in [6.45, 7) is 0. The van der Waals surface area contributed by atoms with Gasteiger partial charge < -0.3 is 9.88 Å². The molecule has 3 unspecified atom stereocenters. The molecule has 2 aromatic rings. The first-order chi connectivity index (χ1) is 8.33. The third-order valence-electron chi connectivity index (χ3n) is 4.45. The maximum atomic E-state index is 4.84. The molecule has 2 fully saturated rings. The van der Waals surface area contributed by atoms with Crippen LogP contribution in [0.25, 0.3) is 11.0 Å². The number of rotatable bonds is 1. The molecular formula is C14H17N3. The molecule has 3 heterocycles. The zero-order chi connectivity index (χ0) is 11.4. The molecule has 1 N–H and O–H groups in total. The molecule has 3 atom stereocenters. The van der Waals surface area contributed by atoms with Gasteiger partial charge in [0.05, 0.1) is 11.0 Å². The molecule has 3 nitrogen and oxygen atoms in total. The predicted molar refractivity (Wildman–Crippen MR) is 68.0 cm³/mol. The number of hydrogen-bond donors (Lipinski definition) is 1. The first kappa shape index (κ1) is 9.66. The number of hydrogen-bond acceptors (Lipinski definition) is 2. The van der Waals surface area contributed by atoms with Crippen LogP contribution in [0.3, 0.4) is 0 Å². The quantitative estimate of drug-likeness (QED) is 0.809. The fourth-order valence-electron chi connectivity index (χ4n) is 3.61. The lowest BCUT2D eigenvalue weighted by Gasteiger charge is -2.19. The second kappa shape index (κ2) is 3.33. The summed E-state index contributed by atoms with van der Waals surface area (Å²) < 4.78 is 2.28. The Kier molecular flexibility index (Phi) is 1.89. The van der Waals surface area contributed by atoms with Crippen LogP contribution in [-0.2, 0) is 7.05 Å². The summed E-state index contributed by atoms with van der Waals surface area (Å²) >= 11 is 0. The van der Waals surface area contributed by atoms with Gasteiger partial charge in [0.2, 0.25) is 0 Å². The van der Waals surface area contributed by atoms with Gasteiger partial charge in [-0.25, -0.2) is 4.98 Å². The molecular weight excluding hydrogens is 210 g/mol. The SMILES string of the molecule is Cn1c(C2CC3CCC2N3)nc2ccccc21. The van der Waals surface area contributed by atoms with Gasteiger partial charge in [0.15, 0.2) is 0 Å². The van der Waals surface area contributed by atoms with Gasteiger partial charge in [0.25, 0.3) is 0 Å².